The fraction of sp³-hybridized carbons (Fsp3) is 0.750. The van der Waals surface area contributed by atoms with Crippen molar-refractivity contribution in [3.63, 3.8) is 0 Å². The lowest BCUT2D eigenvalue weighted by molar-refractivity contribution is 0.0856. The SMILES string of the molecule is CCC(C)OC/C=C/CCl. The number of halogens is 1. The van der Waals surface area contributed by atoms with Gasteiger partial charge in [-0.25, -0.2) is 0 Å². The largest absolute Gasteiger partial charge is 0.374 e. The molecule has 1 nitrogen and oxygen atoms in total. The molecule has 0 spiro atoms. The molecular formula is C8H15ClO. The molecule has 1 unspecified atom stereocenters. The van der Waals surface area contributed by atoms with E-state index >= 15 is 0 Å². The highest BCUT2D eigenvalue weighted by Crippen LogP contribution is 1.94. The van der Waals surface area contributed by atoms with Crippen LogP contribution in [0.5, 0.6) is 0 Å². The predicted octanol–water partition coefficient (Wildman–Crippen LogP) is 2.60. The van der Waals surface area contributed by atoms with E-state index in [0.29, 0.717) is 18.6 Å². The lowest BCUT2D eigenvalue weighted by atomic mass is 10.3. The molecular weight excluding hydrogens is 148 g/mol. The summed E-state index contributed by atoms with van der Waals surface area (Å²) < 4.78 is 5.35. The molecule has 0 aliphatic carbocycles. The Hall–Kier alpha value is -0.0100. The summed E-state index contributed by atoms with van der Waals surface area (Å²) in [5.74, 6) is 0.573. The smallest absolute Gasteiger partial charge is 0.0651 e. The second-order valence-electron chi connectivity index (χ2n) is 2.18. The topological polar surface area (TPSA) is 9.23 Å². The molecule has 0 aliphatic rings. The average molecular weight is 163 g/mol. The third-order valence-electron chi connectivity index (χ3n) is 1.31. The van der Waals surface area contributed by atoms with E-state index in [9.17, 15) is 0 Å². The summed E-state index contributed by atoms with van der Waals surface area (Å²) in [5.41, 5.74) is 0. The van der Waals surface area contributed by atoms with Crippen molar-refractivity contribution in [2.75, 3.05) is 12.5 Å². The minimum atomic E-state index is 0.361. The van der Waals surface area contributed by atoms with Crippen LogP contribution in [0.2, 0.25) is 0 Å². The lowest BCUT2D eigenvalue weighted by Crippen LogP contribution is -2.05. The summed E-state index contributed by atoms with van der Waals surface area (Å²) in [7, 11) is 0. The summed E-state index contributed by atoms with van der Waals surface area (Å²) in [6, 6.07) is 0. The monoisotopic (exact) mass is 162 g/mol. The zero-order chi connectivity index (χ0) is 7.82. The maximum absolute atomic E-state index is 5.41. The number of ether oxygens (including phenoxy) is 1. The van der Waals surface area contributed by atoms with Gasteiger partial charge in [0, 0.05) is 5.88 Å². The molecule has 0 heterocycles. The highest BCUT2D eigenvalue weighted by molar-refractivity contribution is 6.18. The van der Waals surface area contributed by atoms with Crippen molar-refractivity contribution in [3.8, 4) is 0 Å². The molecule has 10 heavy (non-hydrogen) atoms. The first-order valence-corrected chi connectivity index (χ1v) is 4.17. The first-order chi connectivity index (χ1) is 4.81. The molecule has 0 aromatic rings. The lowest BCUT2D eigenvalue weighted by Gasteiger charge is -2.06. The van der Waals surface area contributed by atoms with Crippen molar-refractivity contribution in [3.05, 3.63) is 12.2 Å². The summed E-state index contributed by atoms with van der Waals surface area (Å²) in [4.78, 5) is 0. The number of hydrogen-bond donors (Lipinski definition) is 0. The molecule has 0 rings (SSSR count). The maximum atomic E-state index is 5.41. The minimum absolute atomic E-state index is 0.361. The van der Waals surface area contributed by atoms with Gasteiger partial charge >= 0.3 is 0 Å². The van der Waals surface area contributed by atoms with Crippen LogP contribution in [0.1, 0.15) is 20.3 Å². The van der Waals surface area contributed by atoms with Gasteiger partial charge < -0.3 is 4.74 Å². The number of alkyl halides is 1. The van der Waals surface area contributed by atoms with Crippen molar-refractivity contribution in [2.45, 2.75) is 26.4 Å². The van der Waals surface area contributed by atoms with E-state index < -0.39 is 0 Å². The summed E-state index contributed by atoms with van der Waals surface area (Å²) in [5, 5.41) is 0. The number of hydrogen-bond acceptors (Lipinski definition) is 1. The zero-order valence-corrected chi connectivity index (χ0v) is 7.40. The van der Waals surface area contributed by atoms with Gasteiger partial charge in [0.05, 0.1) is 12.7 Å². The van der Waals surface area contributed by atoms with Crippen LogP contribution in [0.4, 0.5) is 0 Å². The van der Waals surface area contributed by atoms with Gasteiger partial charge in [-0.2, -0.15) is 0 Å². The number of allylic oxidation sites excluding steroid dienone is 1. The van der Waals surface area contributed by atoms with Gasteiger partial charge in [-0.05, 0) is 13.3 Å². The summed E-state index contributed by atoms with van der Waals surface area (Å²) in [6.07, 6.45) is 5.26. The Balaban J connectivity index is 3.10. The van der Waals surface area contributed by atoms with Crippen molar-refractivity contribution in [2.24, 2.45) is 0 Å². The number of rotatable bonds is 5. The van der Waals surface area contributed by atoms with E-state index in [-0.39, 0.29) is 0 Å². The fourth-order valence-corrected chi connectivity index (χ4v) is 0.595. The molecule has 0 amide bonds. The highest BCUT2D eigenvalue weighted by atomic mass is 35.5. The maximum Gasteiger partial charge on any atom is 0.0651 e. The molecule has 0 bridgehead atoms. The molecule has 2 heteroatoms. The van der Waals surface area contributed by atoms with Gasteiger partial charge in [-0.3, -0.25) is 0 Å². The molecule has 0 saturated heterocycles. The van der Waals surface area contributed by atoms with E-state index in [2.05, 4.69) is 13.8 Å². The summed E-state index contributed by atoms with van der Waals surface area (Å²) in [6.45, 7) is 4.85. The van der Waals surface area contributed by atoms with Gasteiger partial charge in [0.15, 0.2) is 0 Å². The van der Waals surface area contributed by atoms with E-state index in [1.807, 2.05) is 12.2 Å². The van der Waals surface area contributed by atoms with Crippen LogP contribution in [-0.2, 0) is 4.74 Å². The zero-order valence-electron chi connectivity index (χ0n) is 6.64. The molecule has 0 aliphatic heterocycles. The van der Waals surface area contributed by atoms with Gasteiger partial charge in [-0.1, -0.05) is 19.1 Å². The van der Waals surface area contributed by atoms with Crippen molar-refractivity contribution in [1.29, 1.82) is 0 Å². The van der Waals surface area contributed by atoms with Gasteiger partial charge in [0.25, 0.3) is 0 Å². The molecule has 60 valence electrons. The van der Waals surface area contributed by atoms with E-state index in [1.165, 1.54) is 0 Å². The second-order valence-corrected chi connectivity index (χ2v) is 2.49. The van der Waals surface area contributed by atoms with E-state index in [1.54, 1.807) is 0 Å². The molecule has 0 aromatic carbocycles. The average Bonchev–Trinajstić information content (AvgIpc) is 1.98. The standard InChI is InChI=1S/C8H15ClO/c1-3-8(2)10-7-5-4-6-9/h4-5,8H,3,6-7H2,1-2H3/b5-4+. The third-order valence-corrected chi connectivity index (χ3v) is 1.49. The normalized spacial score (nSPS) is 14.3. The van der Waals surface area contributed by atoms with Gasteiger partial charge in [0.1, 0.15) is 0 Å². The van der Waals surface area contributed by atoms with Crippen LogP contribution >= 0.6 is 11.6 Å². The molecule has 1 atom stereocenters. The highest BCUT2D eigenvalue weighted by Gasteiger charge is 1.93. The van der Waals surface area contributed by atoms with Crippen LogP contribution < -0.4 is 0 Å². The Labute approximate surface area is 68.0 Å². The van der Waals surface area contributed by atoms with Crippen molar-refractivity contribution >= 4 is 11.6 Å². The van der Waals surface area contributed by atoms with Gasteiger partial charge in [-0.15, -0.1) is 11.6 Å². The Bertz CT molecular complexity index is 91.3. The van der Waals surface area contributed by atoms with Crippen LogP contribution in [0.25, 0.3) is 0 Å². The predicted molar refractivity (Wildman–Crippen MR) is 45.6 cm³/mol. The Morgan fingerprint density at radius 2 is 2.20 bits per heavy atom. The van der Waals surface area contributed by atoms with Crippen molar-refractivity contribution in [1.82, 2.24) is 0 Å². The summed E-state index contributed by atoms with van der Waals surface area (Å²) >= 11 is 5.41. The Kier molecular flexibility index (Phi) is 7.09. The molecule has 0 saturated carbocycles. The van der Waals surface area contributed by atoms with E-state index in [4.69, 9.17) is 16.3 Å². The third kappa shape index (κ3) is 6.12. The first-order valence-electron chi connectivity index (χ1n) is 3.63. The molecule has 0 aromatic heterocycles. The van der Waals surface area contributed by atoms with Crippen molar-refractivity contribution < 1.29 is 4.74 Å². The minimum Gasteiger partial charge on any atom is -0.374 e. The van der Waals surface area contributed by atoms with Gasteiger partial charge in [0.2, 0.25) is 0 Å². The second kappa shape index (κ2) is 7.10. The van der Waals surface area contributed by atoms with Crippen LogP contribution in [0, 0.1) is 0 Å². The van der Waals surface area contributed by atoms with E-state index in [0.717, 1.165) is 6.42 Å². The molecule has 0 N–H and O–H groups in total. The Morgan fingerprint density at radius 1 is 1.50 bits per heavy atom. The fourth-order valence-electron chi connectivity index (χ4n) is 0.469. The quantitative estimate of drug-likeness (QED) is 0.446. The van der Waals surface area contributed by atoms with Crippen LogP contribution in [-0.4, -0.2) is 18.6 Å². The van der Waals surface area contributed by atoms with Crippen LogP contribution in [0.15, 0.2) is 12.2 Å². The van der Waals surface area contributed by atoms with Crippen LogP contribution in [0.3, 0.4) is 0 Å². The first kappa shape index (κ1) is 9.99. The Morgan fingerprint density at radius 3 is 2.70 bits per heavy atom. The molecule has 0 fully saturated rings. The molecule has 0 radical (unpaired) electrons.